The molecule has 11 heavy (non-hydrogen) atoms. The maximum atomic E-state index is 8.89. The maximum absolute atomic E-state index is 8.89. The second-order valence-corrected chi connectivity index (χ2v) is 3.59. The zero-order chi connectivity index (χ0) is 8.91. The lowest BCUT2D eigenvalue weighted by atomic mass is 9.95. The molecule has 0 aliphatic carbocycles. The van der Waals surface area contributed by atoms with Gasteiger partial charge in [-0.15, -0.1) is 6.42 Å². The van der Waals surface area contributed by atoms with Gasteiger partial charge in [-0.05, 0) is 6.92 Å². The van der Waals surface area contributed by atoms with E-state index in [0.717, 1.165) is 6.54 Å². The summed E-state index contributed by atoms with van der Waals surface area (Å²) in [5.74, 6) is 2.57. The first-order chi connectivity index (χ1) is 5.02. The van der Waals surface area contributed by atoms with Crippen LogP contribution in [-0.2, 0) is 0 Å². The van der Waals surface area contributed by atoms with Crippen molar-refractivity contribution in [3.8, 4) is 12.3 Å². The molecule has 0 aliphatic rings. The molecule has 2 nitrogen and oxygen atoms in total. The molecule has 0 heterocycles. The minimum Gasteiger partial charge on any atom is -0.396 e. The molecule has 0 saturated carbocycles. The van der Waals surface area contributed by atoms with Gasteiger partial charge in [0.1, 0.15) is 0 Å². The van der Waals surface area contributed by atoms with Gasteiger partial charge >= 0.3 is 0 Å². The minimum absolute atomic E-state index is 0.0783. The van der Waals surface area contributed by atoms with Crippen LogP contribution < -0.4 is 5.32 Å². The van der Waals surface area contributed by atoms with E-state index >= 15 is 0 Å². The highest BCUT2D eigenvalue weighted by Crippen LogP contribution is 2.11. The van der Waals surface area contributed by atoms with Gasteiger partial charge in [-0.25, -0.2) is 0 Å². The lowest BCUT2D eigenvalue weighted by Gasteiger charge is -2.23. The predicted molar refractivity (Wildman–Crippen MR) is 47.2 cm³/mol. The molecule has 0 rings (SSSR count). The van der Waals surface area contributed by atoms with E-state index in [2.05, 4.69) is 11.2 Å². The maximum Gasteiger partial charge on any atom is 0.0658 e. The third-order valence-corrected chi connectivity index (χ3v) is 1.56. The van der Waals surface area contributed by atoms with Crippen molar-refractivity contribution in [2.75, 3.05) is 13.2 Å². The van der Waals surface area contributed by atoms with Crippen LogP contribution in [-0.4, -0.2) is 24.3 Å². The van der Waals surface area contributed by atoms with Crippen molar-refractivity contribution in [2.45, 2.75) is 26.8 Å². The smallest absolute Gasteiger partial charge is 0.0658 e. The van der Waals surface area contributed by atoms with E-state index in [9.17, 15) is 0 Å². The Morgan fingerprint density at radius 3 is 2.55 bits per heavy atom. The molecule has 0 aromatic carbocycles. The summed E-state index contributed by atoms with van der Waals surface area (Å²) in [6, 6.07) is 0.0841. The average Bonchev–Trinajstić information content (AvgIpc) is 2.00. The molecule has 0 amide bonds. The van der Waals surface area contributed by atoms with Gasteiger partial charge in [0.05, 0.1) is 6.04 Å². The van der Waals surface area contributed by atoms with Crippen molar-refractivity contribution in [2.24, 2.45) is 5.41 Å². The Morgan fingerprint density at radius 2 is 2.18 bits per heavy atom. The SMILES string of the molecule is C#CC(C)NCC(C)(C)CO. The summed E-state index contributed by atoms with van der Waals surface area (Å²) in [5.41, 5.74) is -0.0783. The number of terminal acetylenes is 1. The fourth-order valence-corrected chi connectivity index (χ4v) is 0.544. The van der Waals surface area contributed by atoms with E-state index in [1.54, 1.807) is 0 Å². The molecule has 0 aromatic rings. The monoisotopic (exact) mass is 155 g/mol. The Bertz CT molecular complexity index is 146. The van der Waals surface area contributed by atoms with E-state index in [1.807, 2.05) is 20.8 Å². The summed E-state index contributed by atoms with van der Waals surface area (Å²) >= 11 is 0. The van der Waals surface area contributed by atoms with Gasteiger partial charge in [0, 0.05) is 18.6 Å². The third-order valence-electron chi connectivity index (χ3n) is 1.56. The van der Waals surface area contributed by atoms with Crippen molar-refractivity contribution < 1.29 is 5.11 Å². The number of aliphatic hydroxyl groups is 1. The molecule has 1 unspecified atom stereocenters. The zero-order valence-corrected chi connectivity index (χ0v) is 7.52. The van der Waals surface area contributed by atoms with Gasteiger partial charge in [0.25, 0.3) is 0 Å². The first-order valence-electron chi connectivity index (χ1n) is 3.82. The van der Waals surface area contributed by atoms with Gasteiger partial charge in [-0.3, -0.25) is 0 Å². The Balaban J connectivity index is 3.63. The Morgan fingerprint density at radius 1 is 1.64 bits per heavy atom. The molecule has 0 bridgehead atoms. The van der Waals surface area contributed by atoms with Crippen LogP contribution in [0.3, 0.4) is 0 Å². The molecule has 0 aliphatic heterocycles. The number of aliphatic hydroxyl groups excluding tert-OH is 1. The van der Waals surface area contributed by atoms with Gasteiger partial charge in [-0.1, -0.05) is 19.8 Å². The molecule has 64 valence electrons. The molecular weight excluding hydrogens is 138 g/mol. The van der Waals surface area contributed by atoms with Crippen molar-refractivity contribution in [3.05, 3.63) is 0 Å². The second kappa shape index (κ2) is 4.38. The van der Waals surface area contributed by atoms with E-state index in [1.165, 1.54) is 0 Å². The van der Waals surface area contributed by atoms with E-state index in [0.29, 0.717) is 0 Å². The van der Waals surface area contributed by atoms with Crippen molar-refractivity contribution in [1.29, 1.82) is 0 Å². The Labute approximate surface area is 69.0 Å². The number of hydrogen-bond acceptors (Lipinski definition) is 2. The van der Waals surface area contributed by atoms with Crippen LogP contribution in [0.15, 0.2) is 0 Å². The predicted octanol–water partition coefficient (Wildman–Crippen LogP) is 0.616. The summed E-state index contributed by atoms with van der Waals surface area (Å²) in [7, 11) is 0. The zero-order valence-electron chi connectivity index (χ0n) is 7.52. The first kappa shape index (κ1) is 10.5. The van der Waals surface area contributed by atoms with Crippen LogP contribution in [0.4, 0.5) is 0 Å². The summed E-state index contributed by atoms with van der Waals surface area (Å²) in [6.45, 7) is 6.83. The molecular formula is C9H17NO. The highest BCUT2D eigenvalue weighted by Gasteiger charge is 2.16. The summed E-state index contributed by atoms with van der Waals surface area (Å²) in [6.07, 6.45) is 5.17. The normalized spacial score (nSPS) is 14.1. The highest BCUT2D eigenvalue weighted by molar-refractivity contribution is 4.96. The topological polar surface area (TPSA) is 32.3 Å². The number of nitrogens with one attached hydrogen (secondary N) is 1. The van der Waals surface area contributed by atoms with Crippen LogP contribution >= 0.6 is 0 Å². The molecule has 0 spiro atoms. The van der Waals surface area contributed by atoms with Crippen LogP contribution in [0.25, 0.3) is 0 Å². The third kappa shape index (κ3) is 4.83. The largest absolute Gasteiger partial charge is 0.396 e. The van der Waals surface area contributed by atoms with Gasteiger partial charge in [0.2, 0.25) is 0 Å². The van der Waals surface area contributed by atoms with E-state index in [4.69, 9.17) is 11.5 Å². The number of hydrogen-bond donors (Lipinski definition) is 2. The summed E-state index contributed by atoms with van der Waals surface area (Å²) in [5, 5.41) is 12.0. The van der Waals surface area contributed by atoms with Crippen molar-refractivity contribution >= 4 is 0 Å². The van der Waals surface area contributed by atoms with Crippen LogP contribution in [0, 0.1) is 17.8 Å². The molecule has 1 atom stereocenters. The molecule has 0 aromatic heterocycles. The second-order valence-electron chi connectivity index (χ2n) is 3.59. The first-order valence-corrected chi connectivity index (χ1v) is 3.82. The standard InChI is InChI=1S/C9H17NO/c1-5-8(2)10-6-9(3,4)7-11/h1,8,10-11H,6-7H2,2-4H3. The van der Waals surface area contributed by atoms with Crippen LogP contribution in [0.2, 0.25) is 0 Å². The quantitative estimate of drug-likeness (QED) is 0.583. The summed E-state index contributed by atoms with van der Waals surface area (Å²) in [4.78, 5) is 0. The Hall–Kier alpha value is -0.520. The lowest BCUT2D eigenvalue weighted by molar-refractivity contribution is 0.156. The molecule has 0 radical (unpaired) electrons. The highest BCUT2D eigenvalue weighted by atomic mass is 16.3. The van der Waals surface area contributed by atoms with E-state index in [-0.39, 0.29) is 18.1 Å². The average molecular weight is 155 g/mol. The fourth-order valence-electron chi connectivity index (χ4n) is 0.544. The van der Waals surface area contributed by atoms with Crippen LogP contribution in [0.5, 0.6) is 0 Å². The molecule has 0 saturated heterocycles. The van der Waals surface area contributed by atoms with Gasteiger partial charge in [-0.2, -0.15) is 0 Å². The van der Waals surface area contributed by atoms with E-state index < -0.39 is 0 Å². The lowest BCUT2D eigenvalue weighted by Crippen LogP contribution is -2.36. The van der Waals surface area contributed by atoms with Gasteiger partial charge < -0.3 is 10.4 Å². The minimum atomic E-state index is -0.0783. The van der Waals surface area contributed by atoms with Crippen molar-refractivity contribution in [3.63, 3.8) is 0 Å². The van der Waals surface area contributed by atoms with Crippen molar-refractivity contribution in [1.82, 2.24) is 5.32 Å². The molecule has 0 fully saturated rings. The Kier molecular flexibility index (Phi) is 4.17. The number of rotatable bonds is 4. The molecule has 2 heteroatoms. The van der Waals surface area contributed by atoms with Gasteiger partial charge in [0.15, 0.2) is 0 Å². The van der Waals surface area contributed by atoms with Crippen LogP contribution in [0.1, 0.15) is 20.8 Å². The summed E-state index contributed by atoms with van der Waals surface area (Å²) < 4.78 is 0. The molecule has 2 N–H and O–H groups in total. The fraction of sp³-hybridized carbons (Fsp3) is 0.778.